The van der Waals surface area contributed by atoms with Crippen LogP contribution < -0.4 is 0 Å². The van der Waals surface area contributed by atoms with Gasteiger partial charge in [-0.25, -0.2) is 0 Å². The molecule has 0 amide bonds. The first-order valence-electron chi connectivity index (χ1n) is 3.77. The summed E-state index contributed by atoms with van der Waals surface area (Å²) in [5.41, 5.74) is -0.453. The van der Waals surface area contributed by atoms with Crippen molar-refractivity contribution in [3.05, 3.63) is 10.8 Å². The van der Waals surface area contributed by atoms with Crippen molar-refractivity contribution in [2.24, 2.45) is 0 Å². The molecule has 1 rings (SSSR count). The van der Waals surface area contributed by atoms with Gasteiger partial charge in [0.25, 0.3) is 0 Å². The first-order valence-corrected chi connectivity index (χ1v) is 4.68. The lowest BCUT2D eigenvalue weighted by Crippen LogP contribution is -2.21. The Morgan fingerprint density at radius 3 is 2.50 bits per heavy atom. The molecule has 1 saturated heterocycles. The number of rotatable bonds is 1. The van der Waals surface area contributed by atoms with E-state index in [1.54, 1.807) is 0 Å². The van der Waals surface area contributed by atoms with Crippen molar-refractivity contribution in [3.8, 4) is 0 Å². The summed E-state index contributed by atoms with van der Waals surface area (Å²) in [6.45, 7) is 5.63. The summed E-state index contributed by atoms with van der Waals surface area (Å²) in [5.74, 6) is 0.905. The van der Waals surface area contributed by atoms with Crippen LogP contribution in [0.5, 0.6) is 0 Å². The minimum atomic E-state index is -0.453. The smallest absolute Gasteiger partial charge is 0.197 e. The highest BCUT2D eigenvalue weighted by molar-refractivity contribution is 6.36. The molecule has 0 aromatic rings. The average Bonchev–Trinajstić information content (AvgIpc) is 2.23. The van der Waals surface area contributed by atoms with Gasteiger partial charge in [0.15, 0.2) is 6.29 Å². The second kappa shape index (κ2) is 3.44. The zero-order valence-electron chi connectivity index (χ0n) is 7.36. The molecule has 1 aliphatic heterocycles. The number of allylic oxidation sites excluding steroid dienone is 1. The molecule has 0 aromatic carbocycles. The molecule has 1 unspecified atom stereocenters. The molecule has 0 aromatic heterocycles. The SMILES string of the molecule is CC1O/C(=C(\Cl)CCl)C(C)(C)O1. The van der Waals surface area contributed by atoms with E-state index in [1.807, 2.05) is 20.8 Å². The fraction of sp³-hybridized carbons (Fsp3) is 0.750. The van der Waals surface area contributed by atoms with E-state index in [1.165, 1.54) is 0 Å². The summed E-state index contributed by atoms with van der Waals surface area (Å²) in [4.78, 5) is 0. The Kier molecular flexibility index (Phi) is 2.92. The zero-order chi connectivity index (χ0) is 9.35. The highest BCUT2D eigenvalue weighted by Crippen LogP contribution is 2.35. The molecular formula is C8H12Cl2O2. The molecule has 1 heterocycles. The third kappa shape index (κ3) is 1.87. The summed E-state index contributed by atoms with van der Waals surface area (Å²) in [7, 11) is 0. The lowest BCUT2D eigenvalue weighted by atomic mass is 10.1. The number of hydrogen-bond acceptors (Lipinski definition) is 2. The Hall–Kier alpha value is 0.0800. The Morgan fingerprint density at radius 2 is 2.17 bits per heavy atom. The zero-order valence-corrected chi connectivity index (χ0v) is 8.87. The maximum atomic E-state index is 5.86. The topological polar surface area (TPSA) is 18.5 Å². The molecule has 0 bridgehead atoms. The molecule has 0 N–H and O–H groups in total. The van der Waals surface area contributed by atoms with E-state index in [-0.39, 0.29) is 12.2 Å². The van der Waals surface area contributed by atoms with Crippen molar-refractivity contribution < 1.29 is 9.47 Å². The van der Waals surface area contributed by atoms with Gasteiger partial charge in [0.1, 0.15) is 11.4 Å². The van der Waals surface area contributed by atoms with Crippen LogP contribution in [-0.4, -0.2) is 17.8 Å². The predicted molar refractivity (Wildman–Crippen MR) is 49.3 cm³/mol. The maximum absolute atomic E-state index is 5.86. The van der Waals surface area contributed by atoms with E-state index in [2.05, 4.69) is 0 Å². The van der Waals surface area contributed by atoms with E-state index in [0.29, 0.717) is 10.8 Å². The molecular weight excluding hydrogens is 199 g/mol. The third-order valence-electron chi connectivity index (χ3n) is 1.65. The molecule has 0 aliphatic carbocycles. The molecule has 70 valence electrons. The van der Waals surface area contributed by atoms with E-state index in [9.17, 15) is 0 Å². The van der Waals surface area contributed by atoms with Gasteiger partial charge in [0, 0.05) is 0 Å². The van der Waals surface area contributed by atoms with Gasteiger partial charge in [-0.15, -0.1) is 11.6 Å². The van der Waals surface area contributed by atoms with Crippen molar-refractivity contribution in [1.29, 1.82) is 0 Å². The minimum absolute atomic E-state index is 0.244. The van der Waals surface area contributed by atoms with Crippen LogP contribution in [0.1, 0.15) is 20.8 Å². The first kappa shape index (κ1) is 10.2. The van der Waals surface area contributed by atoms with Gasteiger partial charge in [0.05, 0.1) is 10.9 Å². The minimum Gasteiger partial charge on any atom is -0.465 e. The Bertz CT molecular complexity index is 211. The molecule has 0 saturated carbocycles. The van der Waals surface area contributed by atoms with Crippen LogP contribution >= 0.6 is 23.2 Å². The number of alkyl halides is 1. The van der Waals surface area contributed by atoms with Crippen molar-refractivity contribution in [1.82, 2.24) is 0 Å². The van der Waals surface area contributed by atoms with Crippen LogP contribution in [-0.2, 0) is 9.47 Å². The average molecular weight is 211 g/mol. The fourth-order valence-corrected chi connectivity index (χ4v) is 1.65. The van der Waals surface area contributed by atoms with Gasteiger partial charge >= 0.3 is 0 Å². The molecule has 0 radical (unpaired) electrons. The molecule has 1 fully saturated rings. The Morgan fingerprint density at radius 1 is 1.58 bits per heavy atom. The second-order valence-corrected chi connectivity index (χ2v) is 3.90. The van der Waals surface area contributed by atoms with Gasteiger partial charge in [-0.2, -0.15) is 0 Å². The van der Waals surface area contributed by atoms with Crippen LogP contribution in [0.3, 0.4) is 0 Å². The summed E-state index contributed by atoms with van der Waals surface area (Å²) in [6.07, 6.45) is -0.244. The van der Waals surface area contributed by atoms with Crippen LogP contribution in [0, 0.1) is 0 Å². The van der Waals surface area contributed by atoms with Crippen LogP contribution in [0.25, 0.3) is 0 Å². The van der Waals surface area contributed by atoms with Crippen molar-refractivity contribution in [2.75, 3.05) is 5.88 Å². The van der Waals surface area contributed by atoms with Crippen LogP contribution in [0.15, 0.2) is 10.8 Å². The monoisotopic (exact) mass is 210 g/mol. The van der Waals surface area contributed by atoms with E-state index in [4.69, 9.17) is 32.7 Å². The molecule has 0 spiro atoms. The third-order valence-corrected chi connectivity index (χ3v) is 2.36. The Labute approximate surface area is 82.4 Å². The van der Waals surface area contributed by atoms with Crippen molar-refractivity contribution in [2.45, 2.75) is 32.7 Å². The van der Waals surface area contributed by atoms with Crippen molar-refractivity contribution >= 4 is 23.2 Å². The quantitative estimate of drug-likeness (QED) is 0.621. The number of ether oxygens (including phenoxy) is 2. The van der Waals surface area contributed by atoms with E-state index in [0.717, 1.165) is 0 Å². The number of hydrogen-bond donors (Lipinski definition) is 0. The second-order valence-electron chi connectivity index (χ2n) is 3.18. The van der Waals surface area contributed by atoms with E-state index >= 15 is 0 Å². The van der Waals surface area contributed by atoms with Crippen LogP contribution in [0.2, 0.25) is 0 Å². The van der Waals surface area contributed by atoms with Crippen LogP contribution in [0.4, 0.5) is 0 Å². The molecule has 12 heavy (non-hydrogen) atoms. The summed E-state index contributed by atoms with van der Waals surface area (Å²) in [5, 5.41) is 0.519. The Balaban J connectivity index is 2.92. The van der Waals surface area contributed by atoms with Gasteiger partial charge < -0.3 is 9.47 Å². The van der Waals surface area contributed by atoms with E-state index < -0.39 is 5.60 Å². The normalized spacial score (nSPS) is 31.6. The predicted octanol–water partition coefficient (Wildman–Crippen LogP) is 2.85. The highest BCUT2D eigenvalue weighted by Gasteiger charge is 2.38. The standard InChI is InChI=1S/C8H12Cl2O2/c1-5-11-7(6(10)4-9)8(2,3)12-5/h5H,4H2,1-3H3/b7-6-. The maximum Gasteiger partial charge on any atom is 0.197 e. The molecule has 1 aliphatic rings. The van der Waals surface area contributed by atoms with Gasteiger partial charge in [-0.3, -0.25) is 0 Å². The summed E-state index contributed by atoms with van der Waals surface area (Å²) >= 11 is 11.4. The van der Waals surface area contributed by atoms with Crippen molar-refractivity contribution in [3.63, 3.8) is 0 Å². The lowest BCUT2D eigenvalue weighted by Gasteiger charge is -2.16. The van der Waals surface area contributed by atoms with Gasteiger partial charge in [-0.05, 0) is 20.8 Å². The lowest BCUT2D eigenvalue weighted by molar-refractivity contribution is -0.0635. The first-order chi connectivity index (χ1) is 5.47. The largest absolute Gasteiger partial charge is 0.465 e. The highest BCUT2D eigenvalue weighted by atomic mass is 35.5. The summed E-state index contributed by atoms with van der Waals surface area (Å²) in [6, 6.07) is 0. The fourth-order valence-electron chi connectivity index (χ4n) is 1.25. The van der Waals surface area contributed by atoms with Gasteiger partial charge in [0.2, 0.25) is 0 Å². The molecule has 2 nitrogen and oxygen atoms in total. The van der Waals surface area contributed by atoms with Gasteiger partial charge in [-0.1, -0.05) is 11.6 Å². The summed E-state index contributed by atoms with van der Waals surface area (Å²) < 4.78 is 10.8. The molecule has 4 heteroatoms. The number of halogens is 2. The molecule has 1 atom stereocenters.